The Hall–Kier alpha value is -2.94. The Morgan fingerprint density at radius 3 is 2.59 bits per heavy atom. The van der Waals surface area contributed by atoms with E-state index in [1.54, 1.807) is 27.1 Å². The summed E-state index contributed by atoms with van der Waals surface area (Å²) in [6, 6.07) is 5.16. The van der Waals surface area contributed by atoms with Crippen LogP contribution in [-0.4, -0.2) is 40.7 Å². The van der Waals surface area contributed by atoms with Gasteiger partial charge in [-0.25, -0.2) is 0 Å². The lowest BCUT2D eigenvalue weighted by molar-refractivity contribution is -0.384. The Morgan fingerprint density at radius 1 is 1.28 bits per heavy atom. The highest BCUT2D eigenvalue weighted by Gasteiger charge is 2.24. The number of nitrogens with zero attached hydrogens (tertiary/aromatic N) is 2. The smallest absolute Gasteiger partial charge is 0.270 e. The van der Waals surface area contributed by atoms with Gasteiger partial charge in [-0.05, 0) is 38.7 Å². The van der Waals surface area contributed by atoms with Crippen molar-refractivity contribution in [3.63, 3.8) is 0 Å². The van der Waals surface area contributed by atoms with Crippen molar-refractivity contribution in [1.29, 1.82) is 0 Å². The topological polar surface area (TPSA) is 116 Å². The molecule has 1 aliphatic rings. The molecule has 1 fully saturated rings. The number of hydrogen-bond acceptors (Lipinski definition) is 6. The molecule has 156 valence electrons. The summed E-state index contributed by atoms with van der Waals surface area (Å²) in [5.41, 5.74) is 0.610. The number of amides is 1. The molecule has 2 N–H and O–H groups in total. The van der Waals surface area contributed by atoms with Crippen LogP contribution in [0.15, 0.2) is 29.1 Å². The van der Waals surface area contributed by atoms with Gasteiger partial charge in [0.15, 0.2) is 0 Å². The van der Waals surface area contributed by atoms with Gasteiger partial charge in [-0.15, -0.1) is 0 Å². The molecule has 1 saturated carbocycles. The minimum absolute atomic E-state index is 0.0776. The largest absolute Gasteiger partial charge is 0.381 e. The van der Waals surface area contributed by atoms with Gasteiger partial charge < -0.3 is 19.9 Å². The van der Waals surface area contributed by atoms with E-state index in [4.69, 9.17) is 4.74 Å². The number of nitro groups is 1. The minimum atomic E-state index is -0.607. The monoisotopic (exact) mass is 402 g/mol. The van der Waals surface area contributed by atoms with Gasteiger partial charge in [-0.1, -0.05) is 0 Å². The molecule has 0 saturated heterocycles. The molecule has 9 heteroatoms. The summed E-state index contributed by atoms with van der Waals surface area (Å²) in [5, 5.41) is 17.8. The summed E-state index contributed by atoms with van der Waals surface area (Å²) < 4.78 is 6.77. The molecule has 3 rings (SSSR count). The molecule has 1 atom stereocenters. The minimum Gasteiger partial charge on any atom is -0.381 e. The van der Waals surface area contributed by atoms with Crippen LogP contribution in [0.1, 0.15) is 32.6 Å². The van der Waals surface area contributed by atoms with Gasteiger partial charge in [0.1, 0.15) is 6.04 Å². The predicted octanol–water partition coefficient (Wildman–Crippen LogP) is 2.32. The Morgan fingerprint density at radius 2 is 1.97 bits per heavy atom. The van der Waals surface area contributed by atoms with Crippen LogP contribution < -0.4 is 16.2 Å². The quantitative estimate of drug-likeness (QED) is 0.566. The molecular weight excluding hydrogens is 376 g/mol. The number of rotatable bonds is 6. The number of anilines is 1. The number of nitrogens with one attached hydrogen (secondary N) is 2. The first-order chi connectivity index (χ1) is 13.8. The first kappa shape index (κ1) is 20.8. The molecule has 1 heterocycles. The summed E-state index contributed by atoms with van der Waals surface area (Å²) in [6.07, 6.45) is 3.79. The number of nitro benzene ring substituents is 1. The molecule has 1 aliphatic carbocycles. The van der Waals surface area contributed by atoms with Gasteiger partial charge in [0, 0.05) is 49.5 Å². The number of carbonyl (C=O) groups excluding carboxylic acids is 1. The Kier molecular flexibility index (Phi) is 6.17. The van der Waals surface area contributed by atoms with Gasteiger partial charge >= 0.3 is 0 Å². The highest BCUT2D eigenvalue weighted by molar-refractivity contribution is 5.95. The fraction of sp³-hybridized carbons (Fsp3) is 0.500. The van der Waals surface area contributed by atoms with Crippen molar-refractivity contribution < 1.29 is 14.5 Å². The second-order valence-electron chi connectivity index (χ2n) is 7.50. The highest BCUT2D eigenvalue weighted by Crippen LogP contribution is 2.26. The van der Waals surface area contributed by atoms with Crippen LogP contribution in [0.5, 0.6) is 0 Å². The summed E-state index contributed by atoms with van der Waals surface area (Å²) in [6.45, 7) is 1.71. The molecule has 1 aromatic carbocycles. The fourth-order valence-electron chi connectivity index (χ4n) is 3.75. The molecule has 9 nitrogen and oxygen atoms in total. The van der Waals surface area contributed by atoms with E-state index in [0.717, 1.165) is 25.7 Å². The van der Waals surface area contributed by atoms with E-state index in [0.29, 0.717) is 16.6 Å². The van der Waals surface area contributed by atoms with Crippen LogP contribution in [0.2, 0.25) is 0 Å². The molecule has 0 radical (unpaired) electrons. The standard InChI is InChI=1S/C20H26N4O5/c1-12(20(26)22-13-4-7-15(29-3)8-5-13)21-17-11-19(25)23(2)18-9-6-14(24(27)28)10-16(17)18/h6,9-13,15,21H,4-5,7-8H2,1-3H3,(H,22,26). The third kappa shape index (κ3) is 4.56. The first-order valence-corrected chi connectivity index (χ1v) is 9.68. The highest BCUT2D eigenvalue weighted by atomic mass is 16.6. The van der Waals surface area contributed by atoms with Gasteiger partial charge in [0.2, 0.25) is 5.91 Å². The number of methoxy groups -OCH3 is 1. The molecule has 2 aromatic rings. The second kappa shape index (κ2) is 8.60. The zero-order valence-electron chi connectivity index (χ0n) is 16.8. The molecule has 0 aliphatic heterocycles. The predicted molar refractivity (Wildman–Crippen MR) is 110 cm³/mol. The van der Waals surface area contributed by atoms with E-state index in [1.807, 2.05) is 0 Å². The first-order valence-electron chi connectivity index (χ1n) is 9.68. The van der Waals surface area contributed by atoms with Gasteiger partial charge in [-0.2, -0.15) is 0 Å². The zero-order chi connectivity index (χ0) is 21.1. The van der Waals surface area contributed by atoms with E-state index < -0.39 is 11.0 Å². The number of fused-ring (bicyclic) bond motifs is 1. The van der Waals surface area contributed by atoms with Crippen molar-refractivity contribution in [3.8, 4) is 0 Å². The Bertz CT molecular complexity index is 979. The van der Waals surface area contributed by atoms with Crippen LogP contribution in [0.3, 0.4) is 0 Å². The third-order valence-corrected chi connectivity index (χ3v) is 5.56. The van der Waals surface area contributed by atoms with E-state index >= 15 is 0 Å². The van der Waals surface area contributed by atoms with Crippen LogP contribution in [0.4, 0.5) is 11.4 Å². The number of aryl methyl sites for hydroxylation is 1. The third-order valence-electron chi connectivity index (χ3n) is 5.56. The second-order valence-corrected chi connectivity index (χ2v) is 7.50. The lowest BCUT2D eigenvalue weighted by atomic mass is 9.93. The van der Waals surface area contributed by atoms with E-state index in [9.17, 15) is 19.7 Å². The molecule has 0 spiro atoms. The van der Waals surface area contributed by atoms with Gasteiger partial charge in [0.05, 0.1) is 16.5 Å². The molecule has 1 aromatic heterocycles. The van der Waals surface area contributed by atoms with Crippen LogP contribution in [-0.2, 0) is 16.6 Å². The van der Waals surface area contributed by atoms with Crippen molar-refractivity contribution in [2.24, 2.45) is 7.05 Å². The van der Waals surface area contributed by atoms with Crippen molar-refractivity contribution in [1.82, 2.24) is 9.88 Å². The van der Waals surface area contributed by atoms with Crippen LogP contribution in [0, 0.1) is 10.1 Å². The van der Waals surface area contributed by atoms with Crippen molar-refractivity contribution in [2.75, 3.05) is 12.4 Å². The molecule has 29 heavy (non-hydrogen) atoms. The maximum absolute atomic E-state index is 12.6. The number of aromatic nitrogens is 1. The average molecular weight is 402 g/mol. The zero-order valence-corrected chi connectivity index (χ0v) is 16.8. The lowest BCUT2D eigenvalue weighted by Crippen LogP contribution is -2.45. The molecular formula is C20H26N4O5. The number of non-ortho nitro benzene ring substituents is 1. The summed E-state index contributed by atoms with van der Waals surface area (Å²) in [5.74, 6) is -0.176. The number of benzene rings is 1. The molecule has 0 bridgehead atoms. The van der Waals surface area contributed by atoms with Crippen LogP contribution in [0.25, 0.3) is 10.9 Å². The SMILES string of the molecule is COC1CCC(NC(=O)C(C)Nc2cc(=O)n(C)c3ccc([N+](=O)[O-])cc23)CC1. The number of ether oxygens (including phenoxy) is 1. The van der Waals surface area contributed by atoms with Crippen molar-refractivity contribution in [3.05, 3.63) is 44.7 Å². The Labute approximate surface area is 168 Å². The number of hydrogen-bond donors (Lipinski definition) is 2. The van der Waals surface area contributed by atoms with Gasteiger partial charge in [0.25, 0.3) is 11.2 Å². The molecule has 1 unspecified atom stereocenters. The van der Waals surface area contributed by atoms with Gasteiger partial charge in [-0.3, -0.25) is 19.7 Å². The number of carbonyl (C=O) groups is 1. The number of pyridine rings is 1. The summed E-state index contributed by atoms with van der Waals surface area (Å²) >= 11 is 0. The Balaban J connectivity index is 1.78. The maximum Gasteiger partial charge on any atom is 0.270 e. The summed E-state index contributed by atoms with van der Waals surface area (Å²) in [7, 11) is 3.31. The average Bonchev–Trinajstić information content (AvgIpc) is 2.71. The van der Waals surface area contributed by atoms with Crippen molar-refractivity contribution >= 4 is 28.2 Å². The normalized spacial score (nSPS) is 20.2. The fourth-order valence-corrected chi connectivity index (χ4v) is 3.75. The van der Waals surface area contributed by atoms with E-state index in [2.05, 4.69) is 10.6 Å². The van der Waals surface area contributed by atoms with E-state index in [-0.39, 0.29) is 29.3 Å². The molecule has 1 amide bonds. The lowest BCUT2D eigenvalue weighted by Gasteiger charge is -2.29. The summed E-state index contributed by atoms with van der Waals surface area (Å²) in [4.78, 5) is 35.6. The maximum atomic E-state index is 12.6. The van der Waals surface area contributed by atoms with Crippen molar-refractivity contribution in [2.45, 2.75) is 50.8 Å². The van der Waals surface area contributed by atoms with Crippen LogP contribution >= 0.6 is 0 Å². The van der Waals surface area contributed by atoms with E-state index in [1.165, 1.54) is 22.8 Å².